The molecule has 76 valence electrons. The molecule has 0 fully saturated rings. The molecule has 0 spiro atoms. The summed E-state index contributed by atoms with van der Waals surface area (Å²) >= 11 is 0.152. The number of benzene rings is 1. The third-order valence-electron chi connectivity index (χ3n) is 1.64. The van der Waals surface area contributed by atoms with E-state index < -0.39 is 0 Å². The van der Waals surface area contributed by atoms with Gasteiger partial charge >= 0.3 is 89.2 Å². The molecule has 4 heteroatoms. The molecule has 1 rings (SSSR count). The second-order valence-corrected chi connectivity index (χ2v) is 4.74. The van der Waals surface area contributed by atoms with Gasteiger partial charge < -0.3 is 0 Å². The summed E-state index contributed by atoms with van der Waals surface area (Å²) in [7, 11) is 3.04. The summed E-state index contributed by atoms with van der Waals surface area (Å²) in [6, 6.07) is 7.74. The van der Waals surface area contributed by atoms with Gasteiger partial charge in [0.1, 0.15) is 0 Å². The molecule has 0 bridgehead atoms. The van der Waals surface area contributed by atoms with Crippen LogP contribution in [-0.2, 0) is 9.53 Å². The monoisotopic (exact) mass is 260 g/mol. The molecule has 0 heterocycles. The number of rotatable bonds is 4. The number of ether oxygens (including phenoxy) is 2. The number of esters is 1. The molecule has 0 aromatic heterocycles. The zero-order chi connectivity index (χ0) is 10.4. The average Bonchev–Trinajstić information content (AvgIpc) is 2.26. The fourth-order valence-electron chi connectivity index (χ4n) is 0.873. The summed E-state index contributed by atoms with van der Waals surface area (Å²) in [5.41, 5.74) is 0. The van der Waals surface area contributed by atoms with E-state index in [1.54, 1.807) is 7.11 Å². The van der Waals surface area contributed by atoms with E-state index in [4.69, 9.17) is 4.74 Å². The maximum atomic E-state index is 10.9. The Morgan fingerprint density at radius 2 is 1.93 bits per heavy atom. The van der Waals surface area contributed by atoms with Crippen molar-refractivity contribution >= 4 is 25.4 Å². The summed E-state index contributed by atoms with van der Waals surface area (Å²) in [5.74, 6) is 0.684. The van der Waals surface area contributed by atoms with Crippen LogP contribution >= 0.6 is 0 Å². The Morgan fingerprint density at radius 1 is 1.29 bits per heavy atom. The quantitative estimate of drug-likeness (QED) is 0.587. The third kappa shape index (κ3) is 3.40. The molecule has 3 nitrogen and oxygen atoms in total. The van der Waals surface area contributed by atoms with E-state index in [2.05, 4.69) is 4.74 Å². The number of carbonyl (C=O) groups is 1. The summed E-state index contributed by atoms with van der Waals surface area (Å²) in [5, 5.41) is 0.482. The van der Waals surface area contributed by atoms with E-state index in [1.165, 1.54) is 11.6 Å². The van der Waals surface area contributed by atoms with Crippen molar-refractivity contribution in [1.82, 2.24) is 0 Å². The molecular weight excluding hydrogens is 247 g/mol. The van der Waals surface area contributed by atoms with E-state index >= 15 is 0 Å². The molecule has 0 aliphatic carbocycles. The Bertz CT molecular complexity index is 295. The predicted molar refractivity (Wildman–Crippen MR) is 55.2 cm³/mol. The molecule has 0 aliphatic rings. The zero-order valence-electron chi connectivity index (χ0n) is 8.15. The molecule has 0 saturated heterocycles. The van der Waals surface area contributed by atoms with Crippen molar-refractivity contribution in [3.05, 3.63) is 24.3 Å². The standard InChI is InChI=1S/C10H12O3Se/c1-12-8-3-5-9(6-4-8)14-7-10(11)13-2/h3-6H,7H2,1-2H3. The zero-order valence-corrected chi connectivity index (χ0v) is 9.86. The van der Waals surface area contributed by atoms with Crippen molar-refractivity contribution in [2.24, 2.45) is 0 Å². The van der Waals surface area contributed by atoms with E-state index in [0.29, 0.717) is 5.32 Å². The third-order valence-corrected chi connectivity index (χ3v) is 3.71. The summed E-state index contributed by atoms with van der Waals surface area (Å²) in [6.07, 6.45) is 0. The van der Waals surface area contributed by atoms with E-state index in [0.717, 1.165) is 5.75 Å². The van der Waals surface area contributed by atoms with Crippen molar-refractivity contribution in [2.75, 3.05) is 14.2 Å². The molecule has 1 aromatic rings. The van der Waals surface area contributed by atoms with Crippen LogP contribution in [0.1, 0.15) is 0 Å². The van der Waals surface area contributed by atoms with Crippen LogP contribution in [0.3, 0.4) is 0 Å². The first-order valence-corrected chi connectivity index (χ1v) is 6.16. The predicted octanol–water partition coefficient (Wildman–Crippen LogP) is 0.616. The Morgan fingerprint density at radius 3 is 2.43 bits per heavy atom. The first-order chi connectivity index (χ1) is 6.76. The first kappa shape index (κ1) is 11.1. The Labute approximate surface area is 89.6 Å². The fourth-order valence-corrected chi connectivity index (χ4v) is 2.41. The van der Waals surface area contributed by atoms with Gasteiger partial charge in [0.2, 0.25) is 0 Å². The molecule has 14 heavy (non-hydrogen) atoms. The van der Waals surface area contributed by atoms with Crippen LogP contribution in [0.25, 0.3) is 0 Å². The summed E-state index contributed by atoms with van der Waals surface area (Å²) in [4.78, 5) is 10.9. The van der Waals surface area contributed by atoms with Crippen molar-refractivity contribution < 1.29 is 14.3 Å². The van der Waals surface area contributed by atoms with Crippen LogP contribution < -0.4 is 9.20 Å². The Kier molecular flexibility index (Phi) is 4.50. The normalized spacial score (nSPS) is 9.57. The molecule has 1 aromatic carbocycles. The first-order valence-electron chi connectivity index (χ1n) is 4.10. The SMILES string of the molecule is COC(=O)C[Se]c1ccc(OC)cc1. The van der Waals surface area contributed by atoms with Gasteiger partial charge in [0.15, 0.2) is 0 Å². The van der Waals surface area contributed by atoms with Crippen LogP contribution in [-0.4, -0.2) is 35.1 Å². The van der Waals surface area contributed by atoms with Gasteiger partial charge in [0.25, 0.3) is 0 Å². The molecule has 0 radical (unpaired) electrons. The van der Waals surface area contributed by atoms with E-state index in [-0.39, 0.29) is 20.9 Å². The number of hydrogen-bond donors (Lipinski definition) is 0. The molecule has 0 unspecified atom stereocenters. The van der Waals surface area contributed by atoms with Crippen LogP contribution in [0.2, 0.25) is 5.32 Å². The van der Waals surface area contributed by atoms with E-state index in [1.807, 2.05) is 24.3 Å². The Balaban J connectivity index is 2.47. The van der Waals surface area contributed by atoms with Crippen LogP contribution in [0.4, 0.5) is 0 Å². The minimum atomic E-state index is -0.152. The molecule has 0 saturated carbocycles. The average molecular weight is 259 g/mol. The number of hydrogen-bond acceptors (Lipinski definition) is 3. The van der Waals surface area contributed by atoms with Crippen LogP contribution in [0.5, 0.6) is 5.75 Å². The van der Waals surface area contributed by atoms with E-state index in [9.17, 15) is 4.79 Å². The van der Waals surface area contributed by atoms with Gasteiger partial charge in [-0.15, -0.1) is 0 Å². The maximum absolute atomic E-state index is 10.9. The molecule has 0 N–H and O–H groups in total. The summed E-state index contributed by atoms with van der Waals surface area (Å²) < 4.78 is 10.8. The molecule has 0 atom stereocenters. The number of carbonyl (C=O) groups excluding carboxylic acids is 1. The fraction of sp³-hybridized carbons (Fsp3) is 0.300. The van der Waals surface area contributed by atoms with Crippen molar-refractivity contribution in [1.29, 1.82) is 0 Å². The Hall–Kier alpha value is -0.991. The summed E-state index contributed by atoms with van der Waals surface area (Å²) in [6.45, 7) is 0. The molecular formula is C10H12O3Se. The minimum absolute atomic E-state index is 0.152. The second kappa shape index (κ2) is 5.68. The van der Waals surface area contributed by atoms with Gasteiger partial charge in [-0.25, -0.2) is 0 Å². The van der Waals surface area contributed by atoms with Gasteiger partial charge in [-0.05, 0) is 0 Å². The van der Waals surface area contributed by atoms with Gasteiger partial charge in [0.05, 0.1) is 0 Å². The van der Waals surface area contributed by atoms with Gasteiger partial charge in [-0.2, -0.15) is 0 Å². The van der Waals surface area contributed by atoms with Crippen LogP contribution in [0, 0.1) is 0 Å². The van der Waals surface area contributed by atoms with Crippen molar-refractivity contribution in [2.45, 2.75) is 5.32 Å². The van der Waals surface area contributed by atoms with Crippen LogP contribution in [0.15, 0.2) is 24.3 Å². The topological polar surface area (TPSA) is 35.5 Å². The number of methoxy groups -OCH3 is 2. The van der Waals surface area contributed by atoms with Crippen molar-refractivity contribution in [3.8, 4) is 5.75 Å². The van der Waals surface area contributed by atoms with Crippen molar-refractivity contribution in [3.63, 3.8) is 0 Å². The molecule has 0 amide bonds. The van der Waals surface area contributed by atoms with Gasteiger partial charge in [-0.3, -0.25) is 0 Å². The van der Waals surface area contributed by atoms with Gasteiger partial charge in [-0.1, -0.05) is 0 Å². The second-order valence-electron chi connectivity index (χ2n) is 2.54. The van der Waals surface area contributed by atoms with Gasteiger partial charge in [0, 0.05) is 0 Å². The molecule has 0 aliphatic heterocycles.